The monoisotopic (exact) mass is 506 g/mol. The van der Waals surface area contributed by atoms with E-state index in [4.69, 9.17) is 9.47 Å². The molecule has 196 valence electrons. The summed E-state index contributed by atoms with van der Waals surface area (Å²) in [5, 5.41) is 3.40. The number of likely N-dealkylation sites (N-methyl/N-ethyl adjacent to an activating group) is 1. The van der Waals surface area contributed by atoms with Crippen molar-refractivity contribution >= 4 is 35.9 Å². The highest BCUT2D eigenvalue weighted by atomic mass is 16.6. The van der Waals surface area contributed by atoms with E-state index in [0.717, 1.165) is 18.9 Å². The van der Waals surface area contributed by atoms with Crippen LogP contribution in [0.5, 0.6) is 0 Å². The van der Waals surface area contributed by atoms with Gasteiger partial charge in [-0.3, -0.25) is 9.59 Å². The van der Waals surface area contributed by atoms with Gasteiger partial charge in [0.15, 0.2) is 0 Å². The molecule has 1 N–H and O–H groups in total. The number of esters is 2. The largest absolute Gasteiger partial charge is 0.467 e. The highest BCUT2D eigenvalue weighted by Crippen LogP contribution is 2.20. The van der Waals surface area contributed by atoms with Gasteiger partial charge in [0.1, 0.15) is 18.2 Å². The number of urea groups is 1. The van der Waals surface area contributed by atoms with Crippen molar-refractivity contribution in [3.05, 3.63) is 35.9 Å². The summed E-state index contributed by atoms with van der Waals surface area (Å²) in [6, 6.07) is 4.62. The molecule has 0 bridgehead atoms. The molecule has 1 aromatic carbocycles. The number of rotatable bonds is 8. The van der Waals surface area contributed by atoms with Crippen molar-refractivity contribution < 1.29 is 43.0 Å². The topological polar surface area (TPSA) is 152 Å². The minimum Gasteiger partial charge on any atom is -0.467 e. The molecule has 0 radical (unpaired) electrons. The molecule has 0 spiro atoms. The van der Waals surface area contributed by atoms with E-state index >= 15 is 0 Å². The number of hydrogen-bond acceptors (Lipinski definition) is 9. The normalized spacial score (nSPS) is 16.3. The molecule has 5 amide bonds. The molecule has 1 saturated heterocycles. The van der Waals surface area contributed by atoms with Gasteiger partial charge in [0.05, 0.1) is 13.7 Å². The molecule has 1 aliphatic rings. The van der Waals surface area contributed by atoms with Crippen LogP contribution in [0.1, 0.15) is 33.3 Å². The third kappa shape index (κ3) is 6.93. The van der Waals surface area contributed by atoms with Gasteiger partial charge in [-0.15, -0.1) is 0 Å². The lowest BCUT2D eigenvalue weighted by molar-refractivity contribution is -0.164. The number of imide groups is 1. The zero-order valence-electron chi connectivity index (χ0n) is 21.0. The zero-order chi connectivity index (χ0) is 27.2. The fourth-order valence-electron chi connectivity index (χ4n) is 3.21. The van der Waals surface area contributed by atoms with Crippen LogP contribution in [0.15, 0.2) is 30.3 Å². The van der Waals surface area contributed by atoms with E-state index in [1.807, 2.05) is 0 Å². The van der Waals surface area contributed by atoms with Gasteiger partial charge in [-0.25, -0.2) is 24.2 Å². The molecule has 1 aliphatic heterocycles. The Kier molecular flexibility index (Phi) is 8.98. The first-order chi connectivity index (χ1) is 16.8. The standard InChI is InChI=1S/C23H30N4O9/c1-14(28)26(27-18(29)17(20(31)34-6)25(5)22(27)33)12-16(19(30)36-23(2,3)4)24-21(32)35-13-15-10-8-7-9-11-15/h7-11,16-17H,12-13H2,1-6H3,(H,24,32)/t16-,17-/m0/s1. The van der Waals surface area contributed by atoms with Crippen molar-refractivity contribution in [2.75, 3.05) is 20.7 Å². The molecule has 0 aromatic heterocycles. The highest BCUT2D eigenvalue weighted by Gasteiger charge is 2.52. The number of carbonyl (C=O) groups is 6. The predicted molar refractivity (Wildman–Crippen MR) is 123 cm³/mol. The molecule has 2 atom stereocenters. The van der Waals surface area contributed by atoms with Crippen molar-refractivity contribution in [3.63, 3.8) is 0 Å². The van der Waals surface area contributed by atoms with Crippen molar-refractivity contribution in [1.82, 2.24) is 20.2 Å². The summed E-state index contributed by atoms with van der Waals surface area (Å²) in [7, 11) is 2.23. The number of benzene rings is 1. The molecule has 0 unspecified atom stereocenters. The first-order valence-corrected chi connectivity index (χ1v) is 10.9. The van der Waals surface area contributed by atoms with E-state index in [0.29, 0.717) is 15.6 Å². The van der Waals surface area contributed by atoms with Crippen LogP contribution in [0.25, 0.3) is 0 Å². The summed E-state index contributed by atoms with van der Waals surface area (Å²) in [6.07, 6.45) is -0.998. The average Bonchev–Trinajstić information content (AvgIpc) is 3.02. The third-order valence-electron chi connectivity index (χ3n) is 4.89. The van der Waals surface area contributed by atoms with Crippen LogP contribution in [-0.4, -0.2) is 89.2 Å². The van der Waals surface area contributed by atoms with E-state index < -0.39 is 60.1 Å². The van der Waals surface area contributed by atoms with E-state index in [1.54, 1.807) is 51.1 Å². The fourth-order valence-corrected chi connectivity index (χ4v) is 3.21. The second kappa shape index (κ2) is 11.5. The summed E-state index contributed by atoms with van der Waals surface area (Å²) >= 11 is 0. The zero-order valence-corrected chi connectivity index (χ0v) is 21.0. The highest BCUT2D eigenvalue weighted by molar-refractivity contribution is 6.14. The third-order valence-corrected chi connectivity index (χ3v) is 4.89. The van der Waals surface area contributed by atoms with E-state index in [-0.39, 0.29) is 6.61 Å². The summed E-state index contributed by atoms with van der Waals surface area (Å²) in [5.41, 5.74) is -0.265. The van der Waals surface area contributed by atoms with Crippen LogP contribution >= 0.6 is 0 Å². The number of hydrogen-bond donors (Lipinski definition) is 1. The number of amides is 5. The van der Waals surface area contributed by atoms with Crippen LogP contribution in [0, 0.1) is 0 Å². The predicted octanol–water partition coefficient (Wildman–Crippen LogP) is 0.822. The summed E-state index contributed by atoms with van der Waals surface area (Å²) in [5.74, 6) is -3.82. The maximum atomic E-state index is 12.9. The molecule has 13 heteroatoms. The van der Waals surface area contributed by atoms with Crippen molar-refractivity contribution in [3.8, 4) is 0 Å². The van der Waals surface area contributed by atoms with Gasteiger partial charge in [-0.2, -0.15) is 5.01 Å². The summed E-state index contributed by atoms with van der Waals surface area (Å²) < 4.78 is 15.1. The molecule has 1 aromatic rings. The van der Waals surface area contributed by atoms with Crippen LogP contribution in [0.2, 0.25) is 0 Å². The molecule has 2 rings (SSSR count). The first kappa shape index (κ1) is 28.1. The summed E-state index contributed by atoms with van der Waals surface area (Å²) in [4.78, 5) is 76.3. The van der Waals surface area contributed by atoms with Gasteiger partial charge in [0, 0.05) is 14.0 Å². The Hall–Kier alpha value is -4.16. The van der Waals surface area contributed by atoms with E-state index in [2.05, 4.69) is 10.1 Å². The smallest absolute Gasteiger partial charge is 0.408 e. The second-order valence-electron chi connectivity index (χ2n) is 8.86. The van der Waals surface area contributed by atoms with Crippen LogP contribution in [0.3, 0.4) is 0 Å². The molecule has 13 nitrogen and oxygen atoms in total. The minimum atomic E-state index is -1.62. The molecule has 36 heavy (non-hydrogen) atoms. The van der Waals surface area contributed by atoms with Gasteiger partial charge in [-0.1, -0.05) is 30.3 Å². The van der Waals surface area contributed by atoms with E-state index in [1.165, 1.54) is 7.05 Å². The van der Waals surface area contributed by atoms with E-state index in [9.17, 15) is 28.8 Å². The molecule has 0 aliphatic carbocycles. The quantitative estimate of drug-likeness (QED) is 0.234. The van der Waals surface area contributed by atoms with Gasteiger partial charge in [0.25, 0.3) is 5.91 Å². The second-order valence-corrected chi connectivity index (χ2v) is 8.86. The van der Waals surface area contributed by atoms with Crippen molar-refractivity contribution in [1.29, 1.82) is 0 Å². The van der Waals surface area contributed by atoms with Gasteiger partial charge in [-0.05, 0) is 26.3 Å². The van der Waals surface area contributed by atoms with Crippen LogP contribution in [-0.2, 0) is 40.0 Å². The maximum Gasteiger partial charge on any atom is 0.408 e. The Morgan fingerprint density at radius 1 is 1.11 bits per heavy atom. The summed E-state index contributed by atoms with van der Waals surface area (Å²) in [6.45, 7) is 5.08. The molecular formula is C23H30N4O9. The lowest BCUT2D eigenvalue weighted by atomic mass is 10.2. The Labute approximate surface area is 208 Å². The Balaban J connectivity index is 2.27. The number of methoxy groups -OCH3 is 1. The van der Waals surface area contributed by atoms with Crippen LogP contribution < -0.4 is 5.32 Å². The molecule has 1 heterocycles. The Bertz CT molecular complexity index is 1020. The van der Waals surface area contributed by atoms with Crippen molar-refractivity contribution in [2.24, 2.45) is 0 Å². The number of nitrogens with zero attached hydrogens (tertiary/aromatic N) is 3. The number of alkyl carbamates (subject to hydrolysis) is 1. The minimum absolute atomic E-state index is 0.0984. The first-order valence-electron chi connectivity index (χ1n) is 10.9. The molecule has 1 fully saturated rings. The Morgan fingerprint density at radius 3 is 2.25 bits per heavy atom. The number of hydrazine groups is 1. The van der Waals surface area contributed by atoms with Gasteiger partial charge >= 0.3 is 24.1 Å². The lowest BCUT2D eigenvalue weighted by Gasteiger charge is -2.32. The number of nitrogens with one attached hydrogen (secondary N) is 1. The molecular weight excluding hydrogens is 476 g/mol. The van der Waals surface area contributed by atoms with Gasteiger partial charge in [0.2, 0.25) is 11.9 Å². The molecule has 0 saturated carbocycles. The fraction of sp³-hybridized carbons (Fsp3) is 0.478. The SMILES string of the molecule is COC(=O)[C@@H]1C(=O)N(N(C[C@H](NC(=O)OCc2ccccc2)C(=O)OC(C)(C)C)C(C)=O)C(=O)N1C. The van der Waals surface area contributed by atoms with Crippen molar-refractivity contribution in [2.45, 2.75) is 52.0 Å². The van der Waals surface area contributed by atoms with Gasteiger partial charge < -0.3 is 24.4 Å². The average molecular weight is 507 g/mol. The number of ether oxygens (including phenoxy) is 3. The Morgan fingerprint density at radius 2 is 1.72 bits per heavy atom. The lowest BCUT2D eigenvalue weighted by Crippen LogP contribution is -2.58. The maximum absolute atomic E-state index is 12.9. The number of carbonyl (C=O) groups excluding carboxylic acids is 6. The van der Waals surface area contributed by atoms with Crippen LogP contribution in [0.4, 0.5) is 9.59 Å².